The van der Waals surface area contributed by atoms with Crippen LogP contribution in [0.5, 0.6) is 5.75 Å². The van der Waals surface area contributed by atoms with Gasteiger partial charge in [0.05, 0.1) is 19.0 Å². The number of anilines is 2. The summed E-state index contributed by atoms with van der Waals surface area (Å²) in [5, 5.41) is 8.14. The van der Waals surface area contributed by atoms with Crippen LogP contribution in [0.25, 0.3) is 21.9 Å². The van der Waals surface area contributed by atoms with Gasteiger partial charge in [0.2, 0.25) is 5.95 Å². The third-order valence-electron chi connectivity index (χ3n) is 8.00. The Kier molecular flexibility index (Phi) is 8.28. The van der Waals surface area contributed by atoms with E-state index in [1.807, 2.05) is 67.8 Å². The SMILES string of the molecule is CNc1nc(N)nc2c1ncn2[C@@H]1OC2(C[C@@H]2O[P@@](=S)(N[C@@H](C)C(=O)OCC(C)(C)C)Oc2cccc3ccccc23)C[C@@H]1C. The lowest BCUT2D eigenvalue weighted by Crippen LogP contribution is -2.36. The molecule has 2 fully saturated rings. The number of hydrogen-bond donors (Lipinski definition) is 3. The smallest absolute Gasteiger partial charge is 0.323 e. The van der Waals surface area contributed by atoms with Gasteiger partial charge in [-0.05, 0) is 42.0 Å². The Bertz CT molecular complexity index is 1790. The summed E-state index contributed by atoms with van der Waals surface area (Å²) >= 11 is 6.12. The molecular formula is C31H40N7O5PS. The number of nitrogen functional groups attached to an aromatic ring is 1. The summed E-state index contributed by atoms with van der Waals surface area (Å²) in [5.74, 6) is 0.969. The molecule has 1 aliphatic carbocycles. The summed E-state index contributed by atoms with van der Waals surface area (Å²) < 4.78 is 27.4. The lowest BCUT2D eigenvalue weighted by Gasteiger charge is -2.28. The van der Waals surface area contributed by atoms with Crippen LogP contribution in [0.2, 0.25) is 0 Å². The Hall–Kier alpha value is -3.35. The zero-order valence-corrected chi connectivity index (χ0v) is 28.0. The normalized spacial score (nSPS) is 24.9. The molecule has 4 aromatic rings. The molecule has 12 nitrogen and oxygen atoms in total. The van der Waals surface area contributed by atoms with E-state index in [9.17, 15) is 4.79 Å². The van der Waals surface area contributed by atoms with Crippen molar-refractivity contribution in [2.75, 3.05) is 24.7 Å². The Morgan fingerprint density at radius 2 is 1.98 bits per heavy atom. The van der Waals surface area contributed by atoms with Gasteiger partial charge in [-0.25, -0.2) is 10.1 Å². The molecule has 14 heteroatoms. The van der Waals surface area contributed by atoms with Crippen LogP contribution in [-0.2, 0) is 30.6 Å². The average molecular weight is 654 g/mol. The summed E-state index contributed by atoms with van der Waals surface area (Å²) in [7, 11) is 1.76. The van der Waals surface area contributed by atoms with E-state index >= 15 is 0 Å². The predicted molar refractivity (Wildman–Crippen MR) is 177 cm³/mol. The summed E-state index contributed by atoms with van der Waals surface area (Å²) in [6, 6.07) is 12.9. The van der Waals surface area contributed by atoms with Gasteiger partial charge in [0.25, 0.3) is 0 Å². The molecule has 0 amide bonds. The molecule has 6 rings (SSSR count). The molecule has 0 bridgehead atoms. The minimum Gasteiger partial charge on any atom is -0.464 e. The highest BCUT2D eigenvalue weighted by atomic mass is 32.5. The molecule has 3 heterocycles. The number of carbonyl (C=O) groups excluding carboxylic acids is 1. The van der Waals surface area contributed by atoms with E-state index < -0.39 is 24.3 Å². The van der Waals surface area contributed by atoms with E-state index in [0.29, 0.717) is 29.2 Å². The van der Waals surface area contributed by atoms with Crippen LogP contribution in [0.1, 0.15) is 53.7 Å². The van der Waals surface area contributed by atoms with Crippen LogP contribution in [0, 0.1) is 11.3 Å². The molecule has 2 aromatic heterocycles. The molecule has 1 saturated heterocycles. The van der Waals surface area contributed by atoms with Gasteiger partial charge in [0.15, 0.2) is 17.0 Å². The number of rotatable bonds is 10. The Morgan fingerprint density at radius 3 is 2.73 bits per heavy atom. The monoisotopic (exact) mass is 653 g/mol. The van der Waals surface area contributed by atoms with Crippen LogP contribution in [0.15, 0.2) is 48.8 Å². The zero-order chi connectivity index (χ0) is 32.1. The number of esters is 1. The first-order valence-corrected chi connectivity index (χ1v) is 17.7. The first kappa shape index (κ1) is 31.6. The van der Waals surface area contributed by atoms with E-state index in [1.165, 1.54) is 0 Å². The number of benzene rings is 2. The van der Waals surface area contributed by atoms with Gasteiger partial charge in [-0.15, -0.1) is 0 Å². The lowest BCUT2D eigenvalue weighted by molar-refractivity contribution is -0.148. The average Bonchev–Trinajstić information content (AvgIpc) is 3.27. The largest absolute Gasteiger partial charge is 0.464 e. The zero-order valence-electron chi connectivity index (χ0n) is 26.3. The Labute approximate surface area is 267 Å². The minimum atomic E-state index is -3.31. The van der Waals surface area contributed by atoms with Crippen LogP contribution >= 0.6 is 6.64 Å². The van der Waals surface area contributed by atoms with Crippen LogP contribution in [-0.4, -0.2) is 56.9 Å². The van der Waals surface area contributed by atoms with Crippen molar-refractivity contribution in [1.29, 1.82) is 0 Å². The Morgan fingerprint density at radius 1 is 1.22 bits per heavy atom. The van der Waals surface area contributed by atoms with Gasteiger partial charge in [0, 0.05) is 24.8 Å². The minimum absolute atomic E-state index is 0.112. The number of imidazole rings is 1. The summed E-state index contributed by atoms with van der Waals surface area (Å²) in [4.78, 5) is 26.2. The predicted octanol–water partition coefficient (Wildman–Crippen LogP) is 5.56. The highest BCUT2D eigenvalue weighted by molar-refractivity contribution is 8.09. The first-order chi connectivity index (χ1) is 21.3. The fraction of sp³-hybridized carbons (Fsp3) is 0.484. The standard InChI is InChI=1S/C31H40N7O5PS/c1-18-14-31(41-27(18)38-17-34-24-25(33-6)35-29(32)36-26(24)38)15-23(31)43-44(45,37-19(2)28(39)40-16-30(3,4)5)42-22-13-9-11-20-10-7-8-12-21(20)22/h7-13,17-19,23,27H,14-16H2,1-6H3,(H,37,45)(H3,32,33,35,36)/t18-,19-,23-,27+,31?,44+/m0/s1. The van der Waals surface area contributed by atoms with Gasteiger partial charge >= 0.3 is 12.6 Å². The number of aromatic nitrogens is 4. The van der Waals surface area contributed by atoms with E-state index in [1.54, 1.807) is 20.3 Å². The lowest BCUT2D eigenvalue weighted by atomic mass is 9.99. The fourth-order valence-electron chi connectivity index (χ4n) is 5.76. The molecule has 2 aliphatic rings. The number of nitrogens with two attached hydrogens (primary N) is 1. The first-order valence-electron chi connectivity index (χ1n) is 15.1. The number of nitrogens with one attached hydrogen (secondary N) is 2. The van der Waals surface area contributed by atoms with E-state index in [0.717, 1.165) is 17.2 Å². The molecule has 1 saturated carbocycles. The van der Waals surface area contributed by atoms with Crippen molar-refractivity contribution in [3.05, 3.63) is 48.8 Å². The van der Waals surface area contributed by atoms with Gasteiger partial charge in [-0.1, -0.05) is 64.1 Å². The topological polar surface area (TPSA) is 148 Å². The molecule has 240 valence electrons. The van der Waals surface area contributed by atoms with Crippen molar-refractivity contribution >= 4 is 58.1 Å². The molecule has 45 heavy (non-hydrogen) atoms. The number of fused-ring (bicyclic) bond motifs is 2. The summed E-state index contributed by atoms with van der Waals surface area (Å²) in [6.07, 6.45) is 2.37. The van der Waals surface area contributed by atoms with Crippen molar-refractivity contribution < 1.29 is 23.3 Å². The molecule has 1 spiro atoms. The number of ether oxygens (including phenoxy) is 2. The van der Waals surface area contributed by atoms with Crippen molar-refractivity contribution in [2.24, 2.45) is 11.3 Å². The van der Waals surface area contributed by atoms with Crippen LogP contribution in [0.3, 0.4) is 0 Å². The summed E-state index contributed by atoms with van der Waals surface area (Å²) in [6.45, 7) is 6.82. The maximum atomic E-state index is 13.0. The van der Waals surface area contributed by atoms with Crippen LogP contribution in [0.4, 0.5) is 11.8 Å². The van der Waals surface area contributed by atoms with Gasteiger partial charge in [-0.2, -0.15) is 9.97 Å². The van der Waals surface area contributed by atoms with Gasteiger partial charge in [0.1, 0.15) is 23.6 Å². The summed E-state index contributed by atoms with van der Waals surface area (Å²) in [5.41, 5.74) is 6.45. The van der Waals surface area contributed by atoms with E-state index in [4.69, 9.17) is 36.1 Å². The second-order valence-corrected chi connectivity index (χ2v) is 16.2. The number of carbonyl (C=O) groups is 1. The fourth-order valence-corrected chi connectivity index (χ4v) is 8.54. The molecule has 6 atom stereocenters. The maximum absolute atomic E-state index is 13.0. The number of hydrogen-bond acceptors (Lipinski definition) is 11. The second-order valence-electron chi connectivity index (χ2n) is 13.1. The second kappa shape index (κ2) is 11.8. The highest BCUT2D eigenvalue weighted by Gasteiger charge is 2.65. The quantitative estimate of drug-likeness (QED) is 0.145. The van der Waals surface area contributed by atoms with Gasteiger partial charge < -0.3 is 29.6 Å². The van der Waals surface area contributed by atoms with Gasteiger partial charge in [-0.3, -0.25) is 9.36 Å². The van der Waals surface area contributed by atoms with Crippen LogP contribution < -0.4 is 20.7 Å². The van der Waals surface area contributed by atoms with Crippen molar-refractivity contribution in [3.63, 3.8) is 0 Å². The molecule has 0 radical (unpaired) electrons. The number of nitrogens with zero attached hydrogens (tertiary/aromatic N) is 4. The van der Waals surface area contributed by atoms with E-state index in [2.05, 4.69) is 32.3 Å². The molecule has 1 unspecified atom stereocenters. The van der Waals surface area contributed by atoms with Crippen molar-refractivity contribution in [1.82, 2.24) is 24.6 Å². The van der Waals surface area contributed by atoms with Crippen molar-refractivity contribution in [3.8, 4) is 5.75 Å². The molecular weight excluding hydrogens is 613 g/mol. The maximum Gasteiger partial charge on any atom is 0.323 e. The van der Waals surface area contributed by atoms with Crippen molar-refractivity contribution in [2.45, 2.75) is 71.4 Å². The molecule has 1 aliphatic heterocycles. The highest BCUT2D eigenvalue weighted by Crippen LogP contribution is 2.62. The molecule has 2 aromatic carbocycles. The third kappa shape index (κ3) is 6.50. The third-order valence-corrected chi connectivity index (χ3v) is 10.5. The van der Waals surface area contributed by atoms with E-state index in [-0.39, 0.29) is 36.2 Å². The Balaban J connectivity index is 1.24. The molecule has 4 N–H and O–H groups in total.